The third-order valence-electron chi connectivity index (χ3n) is 5.81. The molecule has 2 aromatic rings. The number of Topliss-reactive ketones (excluding diaryl/α,β-unsaturated/α-hetero) is 1. The monoisotopic (exact) mass is 414 g/mol. The highest BCUT2D eigenvalue weighted by atomic mass is 16.5. The zero-order valence-electron chi connectivity index (χ0n) is 18.4. The van der Waals surface area contributed by atoms with Crippen LogP contribution < -0.4 is 0 Å². The molecule has 2 heterocycles. The van der Waals surface area contributed by atoms with Crippen LogP contribution in [-0.2, 0) is 20.8 Å². The molecule has 0 aliphatic heterocycles. The Morgan fingerprint density at radius 2 is 1.67 bits per heavy atom. The zero-order chi connectivity index (χ0) is 22.0. The number of carbonyl (C=O) groups excluding carboxylic acids is 3. The van der Waals surface area contributed by atoms with Crippen molar-refractivity contribution >= 4 is 17.7 Å². The lowest BCUT2D eigenvalue weighted by molar-refractivity contribution is -0.140. The number of ether oxygens (including phenoxy) is 2. The summed E-state index contributed by atoms with van der Waals surface area (Å²) in [7, 11) is 1.37. The van der Waals surface area contributed by atoms with Gasteiger partial charge < -0.3 is 18.6 Å². The van der Waals surface area contributed by atoms with Crippen LogP contribution in [0.4, 0.5) is 0 Å². The number of rotatable bonds is 9. The summed E-state index contributed by atoms with van der Waals surface area (Å²) < 4.78 is 14.2. The van der Waals surface area contributed by atoms with Crippen molar-refractivity contribution in [2.24, 2.45) is 0 Å². The van der Waals surface area contributed by atoms with Crippen LogP contribution in [0.1, 0.15) is 75.2 Å². The van der Waals surface area contributed by atoms with E-state index in [0.29, 0.717) is 36.6 Å². The first-order valence-corrected chi connectivity index (χ1v) is 10.4. The second kappa shape index (κ2) is 8.90. The van der Waals surface area contributed by atoms with E-state index in [-0.39, 0.29) is 18.4 Å². The molecule has 0 aromatic carbocycles. The van der Waals surface area contributed by atoms with Gasteiger partial charge in [-0.25, -0.2) is 4.79 Å². The number of ketones is 1. The summed E-state index contributed by atoms with van der Waals surface area (Å²) in [6.45, 7) is 8.02. The minimum absolute atomic E-state index is 0.230. The van der Waals surface area contributed by atoms with Gasteiger partial charge in [-0.1, -0.05) is 0 Å². The number of carbonyl (C=O) groups is 3. The summed E-state index contributed by atoms with van der Waals surface area (Å²) in [6.07, 6.45) is 3.23. The second-order valence-corrected chi connectivity index (χ2v) is 8.00. The average molecular weight is 415 g/mol. The Morgan fingerprint density at radius 1 is 1.00 bits per heavy atom. The van der Waals surface area contributed by atoms with Gasteiger partial charge in [0.05, 0.1) is 12.7 Å². The van der Waals surface area contributed by atoms with E-state index >= 15 is 0 Å². The van der Waals surface area contributed by atoms with Crippen molar-refractivity contribution in [3.63, 3.8) is 0 Å². The van der Waals surface area contributed by atoms with Gasteiger partial charge in [0.25, 0.3) is 0 Å². The van der Waals surface area contributed by atoms with Crippen molar-refractivity contribution in [1.29, 1.82) is 0 Å². The molecule has 2 aromatic heterocycles. The van der Waals surface area contributed by atoms with Gasteiger partial charge >= 0.3 is 11.9 Å². The Kier molecular flexibility index (Phi) is 6.48. The van der Waals surface area contributed by atoms with E-state index in [0.717, 1.165) is 35.6 Å². The summed E-state index contributed by atoms with van der Waals surface area (Å²) in [6, 6.07) is 4.13. The Labute approximate surface area is 177 Å². The molecule has 0 saturated heterocycles. The smallest absolute Gasteiger partial charge is 0.340 e. The van der Waals surface area contributed by atoms with Gasteiger partial charge in [-0.05, 0) is 59.1 Å². The van der Waals surface area contributed by atoms with Crippen LogP contribution in [0.3, 0.4) is 0 Å². The molecule has 0 spiro atoms. The molecule has 7 nitrogen and oxygen atoms in total. The van der Waals surface area contributed by atoms with Gasteiger partial charge in [0, 0.05) is 47.3 Å². The third kappa shape index (κ3) is 4.50. The quantitative estimate of drug-likeness (QED) is 0.460. The number of aryl methyl sites for hydroxylation is 2. The summed E-state index contributed by atoms with van der Waals surface area (Å²) in [5, 5.41) is 0. The Hall–Kier alpha value is -2.83. The van der Waals surface area contributed by atoms with E-state index in [9.17, 15) is 14.4 Å². The van der Waals surface area contributed by atoms with Crippen LogP contribution in [0.25, 0.3) is 0 Å². The first-order chi connectivity index (χ1) is 14.2. The van der Waals surface area contributed by atoms with Crippen LogP contribution in [0.2, 0.25) is 0 Å². The number of hydrogen-bond acceptors (Lipinski definition) is 5. The largest absolute Gasteiger partial charge is 0.469 e. The predicted molar refractivity (Wildman–Crippen MR) is 112 cm³/mol. The maximum absolute atomic E-state index is 12.7. The van der Waals surface area contributed by atoms with Crippen molar-refractivity contribution in [2.45, 2.75) is 66.0 Å². The number of hydrogen-bond donors (Lipinski definition) is 0. The lowest BCUT2D eigenvalue weighted by Crippen LogP contribution is -2.16. The van der Waals surface area contributed by atoms with Crippen LogP contribution in [0.5, 0.6) is 0 Å². The molecular weight excluding hydrogens is 384 g/mol. The van der Waals surface area contributed by atoms with Crippen molar-refractivity contribution in [1.82, 2.24) is 9.13 Å². The molecule has 0 N–H and O–H groups in total. The minimum Gasteiger partial charge on any atom is -0.469 e. The molecule has 30 heavy (non-hydrogen) atoms. The highest BCUT2D eigenvalue weighted by Gasteiger charge is 2.29. The summed E-state index contributed by atoms with van der Waals surface area (Å²) >= 11 is 0. The van der Waals surface area contributed by atoms with Gasteiger partial charge in [0.1, 0.15) is 0 Å². The van der Waals surface area contributed by atoms with Crippen LogP contribution in [0, 0.1) is 27.7 Å². The van der Waals surface area contributed by atoms with Crippen molar-refractivity contribution in [2.75, 3.05) is 13.7 Å². The average Bonchev–Trinajstić information content (AvgIpc) is 3.44. The van der Waals surface area contributed by atoms with Crippen LogP contribution >= 0.6 is 0 Å². The molecule has 1 saturated carbocycles. The Balaban J connectivity index is 1.62. The van der Waals surface area contributed by atoms with Gasteiger partial charge in [0.15, 0.2) is 6.61 Å². The predicted octanol–water partition coefficient (Wildman–Crippen LogP) is 3.85. The maximum Gasteiger partial charge on any atom is 0.340 e. The van der Waals surface area contributed by atoms with E-state index in [1.807, 2.05) is 44.4 Å². The highest BCUT2D eigenvalue weighted by Crippen LogP contribution is 2.38. The van der Waals surface area contributed by atoms with E-state index in [4.69, 9.17) is 4.74 Å². The molecule has 162 valence electrons. The van der Waals surface area contributed by atoms with Crippen molar-refractivity contribution in [3.8, 4) is 0 Å². The van der Waals surface area contributed by atoms with Crippen LogP contribution in [-0.4, -0.2) is 40.6 Å². The Bertz CT molecular complexity index is 978. The topological polar surface area (TPSA) is 79.5 Å². The Morgan fingerprint density at radius 3 is 2.30 bits per heavy atom. The fourth-order valence-corrected chi connectivity index (χ4v) is 4.08. The van der Waals surface area contributed by atoms with Gasteiger partial charge in [-0.2, -0.15) is 0 Å². The normalized spacial score (nSPS) is 13.4. The van der Waals surface area contributed by atoms with E-state index < -0.39 is 5.97 Å². The number of aromatic nitrogens is 2. The zero-order valence-corrected chi connectivity index (χ0v) is 18.4. The van der Waals surface area contributed by atoms with Gasteiger partial charge in [0.2, 0.25) is 5.78 Å². The fourth-order valence-electron chi connectivity index (χ4n) is 4.08. The lowest BCUT2D eigenvalue weighted by Gasteiger charge is -2.10. The van der Waals surface area contributed by atoms with E-state index in [1.54, 1.807) is 0 Å². The second-order valence-electron chi connectivity index (χ2n) is 8.00. The number of esters is 2. The summed E-state index contributed by atoms with van der Waals surface area (Å²) in [5.41, 5.74) is 4.76. The molecule has 1 aliphatic carbocycles. The van der Waals surface area contributed by atoms with E-state index in [2.05, 4.69) is 9.30 Å². The molecular formula is C23H30N2O5. The van der Waals surface area contributed by atoms with Crippen LogP contribution in [0.15, 0.2) is 12.1 Å². The van der Waals surface area contributed by atoms with Gasteiger partial charge in [-0.3, -0.25) is 9.59 Å². The molecule has 0 bridgehead atoms. The lowest BCUT2D eigenvalue weighted by atomic mass is 10.1. The van der Waals surface area contributed by atoms with Gasteiger partial charge in [-0.15, -0.1) is 0 Å². The number of nitrogens with zero attached hydrogens (tertiary/aromatic N) is 2. The molecule has 3 rings (SSSR count). The molecule has 0 atom stereocenters. The highest BCUT2D eigenvalue weighted by molar-refractivity contribution is 6.00. The maximum atomic E-state index is 12.7. The molecule has 7 heteroatoms. The first kappa shape index (κ1) is 21.9. The molecule has 0 radical (unpaired) electrons. The SMILES string of the molecule is COC(=O)CCCn1c(C)cc(C(=O)COC(=O)c2cc(C)n(C3CC3)c2C)c1C. The number of methoxy groups -OCH3 is 1. The summed E-state index contributed by atoms with van der Waals surface area (Å²) in [5.74, 6) is -0.941. The summed E-state index contributed by atoms with van der Waals surface area (Å²) in [4.78, 5) is 36.6. The molecule has 1 fully saturated rings. The molecule has 1 aliphatic rings. The standard InChI is InChI=1S/C23H30N2O5/c1-14-11-19(16(3)24(14)10-6-7-22(27)29-5)21(26)13-30-23(28)20-12-15(2)25(17(20)4)18-8-9-18/h11-12,18H,6-10,13H2,1-5H3. The van der Waals surface area contributed by atoms with Crippen molar-refractivity contribution < 1.29 is 23.9 Å². The third-order valence-corrected chi connectivity index (χ3v) is 5.81. The molecule has 0 amide bonds. The molecule has 0 unspecified atom stereocenters. The fraction of sp³-hybridized carbons (Fsp3) is 0.522. The first-order valence-electron chi connectivity index (χ1n) is 10.4. The van der Waals surface area contributed by atoms with Crippen molar-refractivity contribution in [3.05, 3.63) is 46.0 Å². The van der Waals surface area contributed by atoms with E-state index in [1.165, 1.54) is 7.11 Å². The minimum atomic E-state index is -0.463.